The fraction of sp³-hybridized carbons (Fsp3) is 0.538. The van der Waals surface area contributed by atoms with Gasteiger partial charge < -0.3 is 15.4 Å². The summed E-state index contributed by atoms with van der Waals surface area (Å²) in [6.07, 6.45) is -2.00. The van der Waals surface area contributed by atoms with Gasteiger partial charge in [-0.15, -0.1) is 0 Å². The molecule has 0 spiro atoms. The number of carbonyl (C=O) groups is 1. The van der Waals surface area contributed by atoms with E-state index in [0.29, 0.717) is 12.8 Å². The molecule has 1 aliphatic carbocycles. The molecular formula is C13H14B2F5N3O2. The number of rotatable bonds is 4. The van der Waals surface area contributed by atoms with Gasteiger partial charge in [0.05, 0.1) is 21.6 Å². The van der Waals surface area contributed by atoms with E-state index in [0.717, 1.165) is 6.07 Å². The number of hydrogen-bond acceptors (Lipinski definition) is 3. The summed E-state index contributed by atoms with van der Waals surface area (Å²) in [5.74, 6) is -1.30. The van der Waals surface area contributed by atoms with Gasteiger partial charge in [0.2, 0.25) is 5.88 Å². The SMILES string of the molecule is FC(F)(F)C1CC1.[B]C([B])(NC(=O)NC)c1ccnc(OC(F)F)c1. The first-order valence-electron chi connectivity index (χ1n) is 7.01. The van der Waals surface area contributed by atoms with Crippen LogP contribution in [-0.4, -0.2) is 46.5 Å². The number of nitrogens with one attached hydrogen (secondary N) is 2. The molecular weight excluding hydrogens is 347 g/mol. The number of aromatic nitrogens is 1. The van der Waals surface area contributed by atoms with Crippen LogP contribution in [0.2, 0.25) is 0 Å². The number of ether oxygens (including phenoxy) is 1. The summed E-state index contributed by atoms with van der Waals surface area (Å²) >= 11 is 0. The summed E-state index contributed by atoms with van der Waals surface area (Å²) in [5, 5.41) is 2.77. The number of carbonyl (C=O) groups excluding carboxylic acids is 1. The Labute approximate surface area is 143 Å². The summed E-state index contributed by atoms with van der Waals surface area (Å²) < 4.78 is 61.8. The van der Waals surface area contributed by atoms with E-state index in [-0.39, 0.29) is 11.4 Å². The molecule has 134 valence electrons. The maximum Gasteiger partial charge on any atom is 0.391 e. The second kappa shape index (κ2) is 8.39. The lowest BCUT2D eigenvalue weighted by Gasteiger charge is -2.28. The van der Waals surface area contributed by atoms with E-state index in [2.05, 4.69) is 20.4 Å². The molecule has 1 fully saturated rings. The quantitative estimate of drug-likeness (QED) is 0.637. The van der Waals surface area contributed by atoms with Crippen LogP contribution in [0.15, 0.2) is 18.3 Å². The highest BCUT2D eigenvalue weighted by molar-refractivity contribution is 6.40. The Morgan fingerprint density at radius 1 is 1.36 bits per heavy atom. The largest absolute Gasteiger partial charge is 0.417 e. The Balaban J connectivity index is 0.000000370. The maximum absolute atomic E-state index is 12.0. The van der Waals surface area contributed by atoms with E-state index in [9.17, 15) is 26.7 Å². The fourth-order valence-electron chi connectivity index (χ4n) is 1.56. The maximum atomic E-state index is 12.0. The minimum absolute atomic E-state index is 0.164. The molecule has 2 rings (SSSR count). The molecule has 2 N–H and O–H groups in total. The van der Waals surface area contributed by atoms with Crippen molar-refractivity contribution in [3.05, 3.63) is 23.9 Å². The molecule has 4 radical (unpaired) electrons. The lowest BCUT2D eigenvalue weighted by molar-refractivity contribution is -0.147. The highest BCUT2D eigenvalue weighted by Gasteiger charge is 2.46. The van der Waals surface area contributed by atoms with Crippen molar-refractivity contribution in [3.8, 4) is 5.88 Å². The van der Waals surface area contributed by atoms with Crippen molar-refractivity contribution < 1.29 is 31.5 Å². The molecule has 0 saturated heterocycles. The predicted molar refractivity (Wildman–Crippen MR) is 80.4 cm³/mol. The van der Waals surface area contributed by atoms with Gasteiger partial charge in [0.1, 0.15) is 0 Å². The van der Waals surface area contributed by atoms with Gasteiger partial charge in [-0.2, -0.15) is 22.0 Å². The lowest BCUT2D eigenvalue weighted by Crippen LogP contribution is -2.50. The van der Waals surface area contributed by atoms with Crippen LogP contribution >= 0.6 is 0 Å². The molecule has 25 heavy (non-hydrogen) atoms. The van der Waals surface area contributed by atoms with Gasteiger partial charge in [-0.25, -0.2) is 9.78 Å². The van der Waals surface area contributed by atoms with E-state index in [1.807, 2.05) is 0 Å². The summed E-state index contributed by atoms with van der Waals surface area (Å²) in [6.45, 7) is -3.01. The average Bonchev–Trinajstić information content (AvgIpc) is 3.31. The molecule has 0 aliphatic heterocycles. The third-order valence-electron chi connectivity index (χ3n) is 3.01. The molecule has 5 nitrogen and oxygen atoms in total. The number of pyridine rings is 1. The van der Waals surface area contributed by atoms with Gasteiger partial charge in [-0.3, -0.25) is 0 Å². The Kier molecular flexibility index (Phi) is 7.06. The van der Waals surface area contributed by atoms with Gasteiger partial charge in [0.25, 0.3) is 0 Å². The summed E-state index contributed by atoms with van der Waals surface area (Å²) in [7, 11) is 12.7. The number of nitrogens with zero attached hydrogens (tertiary/aromatic N) is 1. The van der Waals surface area contributed by atoms with E-state index in [1.165, 1.54) is 19.3 Å². The lowest BCUT2D eigenvalue weighted by atomic mass is 9.58. The molecule has 0 unspecified atom stereocenters. The van der Waals surface area contributed by atoms with Gasteiger partial charge in [-0.1, -0.05) is 0 Å². The van der Waals surface area contributed by atoms with Crippen molar-refractivity contribution in [2.75, 3.05) is 7.05 Å². The van der Waals surface area contributed by atoms with Crippen LogP contribution in [0.1, 0.15) is 18.4 Å². The summed E-state index contributed by atoms with van der Waals surface area (Å²) in [5.41, 5.74) is 0.164. The zero-order chi connectivity index (χ0) is 19.3. The van der Waals surface area contributed by atoms with Crippen molar-refractivity contribution in [2.45, 2.75) is 31.0 Å². The fourth-order valence-corrected chi connectivity index (χ4v) is 1.56. The Bertz CT molecular complexity index is 583. The van der Waals surface area contributed by atoms with Crippen molar-refractivity contribution in [2.24, 2.45) is 5.92 Å². The second-order valence-electron chi connectivity index (χ2n) is 5.15. The van der Waals surface area contributed by atoms with Crippen LogP contribution in [0.25, 0.3) is 0 Å². The van der Waals surface area contributed by atoms with Crippen molar-refractivity contribution >= 4 is 21.7 Å². The molecule has 1 aliphatic rings. The zero-order valence-corrected chi connectivity index (χ0v) is 13.1. The standard InChI is InChI=1S/C9H9B2F2N3O2.C4H5F3/c1-14-8(17)16-9(10,11)5-2-3-15-6(4-5)18-7(12)13;5-4(6,7)3-1-2-3/h2-4,7H,1H3,(H2,14,16,17);3H,1-2H2. The number of urea groups is 1. The predicted octanol–water partition coefficient (Wildman–Crippen LogP) is 2.02. The topological polar surface area (TPSA) is 63.2 Å². The van der Waals surface area contributed by atoms with Crippen molar-refractivity contribution in [1.29, 1.82) is 0 Å². The van der Waals surface area contributed by atoms with Gasteiger partial charge in [-0.05, 0) is 29.8 Å². The van der Waals surface area contributed by atoms with Crippen molar-refractivity contribution in [3.63, 3.8) is 0 Å². The first-order valence-corrected chi connectivity index (χ1v) is 7.01. The molecule has 1 aromatic heterocycles. The van der Waals surface area contributed by atoms with Gasteiger partial charge in [0, 0.05) is 19.3 Å². The van der Waals surface area contributed by atoms with Crippen LogP contribution in [0.3, 0.4) is 0 Å². The van der Waals surface area contributed by atoms with Crippen LogP contribution in [0, 0.1) is 5.92 Å². The molecule has 0 bridgehead atoms. The molecule has 1 heterocycles. The molecule has 0 aromatic carbocycles. The van der Waals surface area contributed by atoms with E-state index in [4.69, 9.17) is 15.7 Å². The zero-order valence-electron chi connectivity index (χ0n) is 13.1. The van der Waals surface area contributed by atoms with E-state index in [1.54, 1.807) is 0 Å². The first kappa shape index (κ1) is 21.0. The molecule has 0 atom stereocenters. The third-order valence-corrected chi connectivity index (χ3v) is 3.01. The molecule has 1 saturated carbocycles. The van der Waals surface area contributed by atoms with Crippen LogP contribution in [-0.2, 0) is 5.34 Å². The number of halogens is 5. The monoisotopic (exact) mass is 361 g/mol. The summed E-state index contributed by atoms with van der Waals surface area (Å²) in [6, 6.07) is 1.87. The minimum atomic E-state index is -3.89. The third kappa shape index (κ3) is 7.61. The number of amides is 2. The van der Waals surface area contributed by atoms with Crippen molar-refractivity contribution in [1.82, 2.24) is 15.6 Å². The smallest absolute Gasteiger partial charge is 0.391 e. The molecule has 1 aromatic rings. The second-order valence-corrected chi connectivity index (χ2v) is 5.15. The molecule has 12 heteroatoms. The Morgan fingerprint density at radius 2 is 1.96 bits per heavy atom. The normalized spacial score (nSPS) is 14.4. The van der Waals surface area contributed by atoms with Gasteiger partial charge >= 0.3 is 18.8 Å². The Morgan fingerprint density at radius 3 is 2.36 bits per heavy atom. The number of hydrogen-bond donors (Lipinski definition) is 2. The minimum Gasteiger partial charge on any atom is -0.417 e. The first-order chi connectivity index (χ1) is 11.5. The van der Waals surface area contributed by atoms with Crippen LogP contribution in [0.5, 0.6) is 5.88 Å². The highest BCUT2D eigenvalue weighted by Crippen LogP contribution is 2.43. The van der Waals surface area contributed by atoms with E-state index >= 15 is 0 Å². The highest BCUT2D eigenvalue weighted by atomic mass is 19.4. The average molecular weight is 361 g/mol. The number of alkyl halides is 5. The Hall–Kier alpha value is -2.00. The van der Waals surface area contributed by atoms with Crippen LogP contribution < -0.4 is 15.4 Å². The van der Waals surface area contributed by atoms with Crippen LogP contribution in [0.4, 0.5) is 26.7 Å². The van der Waals surface area contributed by atoms with E-state index < -0.39 is 30.1 Å². The molecule has 2 amide bonds. The summed E-state index contributed by atoms with van der Waals surface area (Å²) in [4.78, 5) is 14.7. The van der Waals surface area contributed by atoms with Gasteiger partial charge in [0.15, 0.2) is 0 Å².